The number of carbonyl (C=O) groups excluding carboxylic acids is 2. The first kappa shape index (κ1) is 14.0. The first-order valence-electron chi connectivity index (χ1n) is 4.66. The smallest absolute Gasteiger partial charge is 0.404 e. The summed E-state index contributed by atoms with van der Waals surface area (Å²) in [6, 6.07) is 5.27. The summed E-state index contributed by atoms with van der Waals surface area (Å²) in [5.74, 6) is -0.258. The van der Waals surface area contributed by atoms with Crippen LogP contribution in [0.5, 0.6) is 0 Å². The van der Waals surface area contributed by atoms with Gasteiger partial charge in [-0.15, -0.1) is 0 Å². The fourth-order valence-corrected chi connectivity index (χ4v) is 1.87. The van der Waals surface area contributed by atoms with Crippen LogP contribution in [0.2, 0.25) is 0 Å². The molecule has 0 radical (unpaired) electrons. The van der Waals surface area contributed by atoms with E-state index in [0.717, 1.165) is 4.47 Å². The summed E-state index contributed by atoms with van der Waals surface area (Å²) in [4.78, 5) is 22.0. The first-order chi connectivity index (χ1) is 8.00. The van der Waals surface area contributed by atoms with E-state index in [4.69, 9.17) is 5.73 Å². The normalized spacial score (nSPS) is 9.76. The molecule has 0 aromatic heterocycles. The van der Waals surface area contributed by atoms with Crippen molar-refractivity contribution in [1.29, 1.82) is 0 Å². The van der Waals surface area contributed by atoms with Crippen LogP contribution in [-0.2, 0) is 4.74 Å². The van der Waals surface area contributed by atoms with Gasteiger partial charge in [0, 0.05) is 8.95 Å². The van der Waals surface area contributed by atoms with Crippen molar-refractivity contribution in [2.45, 2.75) is 0 Å². The number of rotatable bonds is 4. The Hall–Kier alpha value is -1.08. The van der Waals surface area contributed by atoms with Gasteiger partial charge in [-0.25, -0.2) is 4.79 Å². The minimum atomic E-state index is -0.858. The molecule has 0 atom stereocenters. The van der Waals surface area contributed by atoms with Crippen molar-refractivity contribution < 1.29 is 14.3 Å². The van der Waals surface area contributed by atoms with Crippen molar-refractivity contribution in [2.24, 2.45) is 5.73 Å². The van der Waals surface area contributed by atoms with E-state index < -0.39 is 6.09 Å². The minimum Gasteiger partial charge on any atom is -0.448 e. The highest BCUT2D eigenvalue weighted by atomic mass is 79.9. The Kier molecular flexibility index (Phi) is 5.43. The van der Waals surface area contributed by atoms with Crippen molar-refractivity contribution in [3.63, 3.8) is 0 Å². The van der Waals surface area contributed by atoms with Crippen LogP contribution in [-0.4, -0.2) is 25.2 Å². The van der Waals surface area contributed by atoms with Crippen molar-refractivity contribution in [1.82, 2.24) is 5.32 Å². The van der Waals surface area contributed by atoms with Gasteiger partial charge < -0.3 is 15.8 Å². The van der Waals surface area contributed by atoms with Crippen molar-refractivity contribution in [3.05, 3.63) is 32.7 Å². The lowest BCUT2D eigenvalue weighted by Crippen LogP contribution is -2.29. The number of nitrogens with two attached hydrogens (primary N) is 1. The van der Waals surface area contributed by atoms with Gasteiger partial charge >= 0.3 is 6.09 Å². The minimum absolute atomic E-state index is 0.0483. The molecule has 1 rings (SSSR count). The van der Waals surface area contributed by atoms with Gasteiger partial charge in [0.15, 0.2) is 0 Å². The summed E-state index contributed by atoms with van der Waals surface area (Å²) in [7, 11) is 0. The number of ether oxygens (including phenoxy) is 1. The highest BCUT2D eigenvalue weighted by molar-refractivity contribution is 9.11. The van der Waals surface area contributed by atoms with E-state index in [9.17, 15) is 9.59 Å². The number of nitrogens with one attached hydrogen (secondary N) is 1. The Morgan fingerprint density at radius 3 is 2.71 bits per heavy atom. The molecule has 0 saturated heterocycles. The number of hydrogen-bond acceptors (Lipinski definition) is 3. The summed E-state index contributed by atoms with van der Waals surface area (Å²) in [5.41, 5.74) is 5.28. The van der Waals surface area contributed by atoms with Gasteiger partial charge in [0.1, 0.15) is 6.61 Å². The van der Waals surface area contributed by atoms with Crippen LogP contribution in [0.25, 0.3) is 0 Å². The zero-order chi connectivity index (χ0) is 12.8. The van der Waals surface area contributed by atoms with Crippen LogP contribution in [0.15, 0.2) is 27.1 Å². The highest BCUT2D eigenvalue weighted by Crippen LogP contribution is 2.21. The molecule has 0 heterocycles. The molecule has 17 heavy (non-hydrogen) atoms. The van der Waals surface area contributed by atoms with E-state index in [-0.39, 0.29) is 19.1 Å². The van der Waals surface area contributed by atoms with Gasteiger partial charge in [-0.3, -0.25) is 4.79 Å². The maximum atomic E-state index is 11.7. The third-order valence-corrected chi connectivity index (χ3v) is 2.99. The van der Waals surface area contributed by atoms with Crippen LogP contribution in [0, 0.1) is 0 Å². The molecule has 5 nitrogen and oxygen atoms in total. The van der Waals surface area contributed by atoms with E-state index >= 15 is 0 Å². The maximum absolute atomic E-state index is 11.7. The Balaban J connectivity index is 2.52. The average Bonchev–Trinajstić information content (AvgIpc) is 2.27. The Morgan fingerprint density at radius 2 is 2.06 bits per heavy atom. The van der Waals surface area contributed by atoms with Crippen molar-refractivity contribution >= 4 is 43.9 Å². The van der Waals surface area contributed by atoms with Crippen molar-refractivity contribution in [3.8, 4) is 0 Å². The van der Waals surface area contributed by atoms with E-state index in [0.29, 0.717) is 10.0 Å². The van der Waals surface area contributed by atoms with Crippen LogP contribution >= 0.6 is 31.9 Å². The topological polar surface area (TPSA) is 81.4 Å². The van der Waals surface area contributed by atoms with Gasteiger partial charge in [-0.2, -0.15) is 0 Å². The molecular formula is C10H10Br2N2O3. The highest BCUT2D eigenvalue weighted by Gasteiger charge is 2.09. The molecule has 1 aromatic rings. The van der Waals surface area contributed by atoms with Gasteiger partial charge in [0.25, 0.3) is 5.91 Å². The van der Waals surface area contributed by atoms with Crippen LogP contribution in [0.4, 0.5) is 4.79 Å². The fraction of sp³-hybridized carbons (Fsp3) is 0.200. The Labute approximate surface area is 115 Å². The largest absolute Gasteiger partial charge is 0.448 e. The molecule has 3 N–H and O–H groups in total. The summed E-state index contributed by atoms with van der Waals surface area (Å²) < 4.78 is 5.98. The molecule has 0 aliphatic carbocycles. The summed E-state index contributed by atoms with van der Waals surface area (Å²) in [6.07, 6.45) is -0.858. The molecule has 2 amide bonds. The molecule has 7 heteroatoms. The molecule has 0 aliphatic rings. The summed E-state index contributed by atoms with van der Waals surface area (Å²) >= 11 is 6.56. The molecule has 0 spiro atoms. The van der Waals surface area contributed by atoms with Crippen LogP contribution in [0.1, 0.15) is 10.4 Å². The average molecular weight is 366 g/mol. The van der Waals surface area contributed by atoms with Gasteiger partial charge in [0.2, 0.25) is 0 Å². The number of amides is 2. The number of carbonyl (C=O) groups is 2. The Morgan fingerprint density at radius 1 is 1.35 bits per heavy atom. The monoisotopic (exact) mass is 364 g/mol. The summed E-state index contributed by atoms with van der Waals surface area (Å²) in [5, 5.41) is 2.60. The predicted octanol–water partition coefficient (Wildman–Crippen LogP) is 2.04. The van der Waals surface area contributed by atoms with E-state index in [1.807, 2.05) is 6.07 Å². The molecular weight excluding hydrogens is 356 g/mol. The molecule has 0 aliphatic heterocycles. The molecule has 0 fully saturated rings. The molecule has 0 saturated carbocycles. The van der Waals surface area contributed by atoms with E-state index in [2.05, 4.69) is 41.9 Å². The zero-order valence-corrected chi connectivity index (χ0v) is 11.9. The quantitative estimate of drug-likeness (QED) is 0.801. The summed E-state index contributed by atoms with van der Waals surface area (Å²) in [6.45, 7) is 0.257. The number of halogens is 2. The molecule has 92 valence electrons. The number of primary amides is 1. The molecule has 1 aromatic carbocycles. The second-order valence-electron chi connectivity index (χ2n) is 3.05. The van der Waals surface area contributed by atoms with Crippen LogP contribution < -0.4 is 11.1 Å². The lowest BCUT2D eigenvalue weighted by molar-refractivity contribution is 0.0936. The zero-order valence-electron chi connectivity index (χ0n) is 8.70. The fourth-order valence-electron chi connectivity index (χ4n) is 1.08. The molecule has 0 unspecified atom stereocenters. The van der Waals surface area contributed by atoms with Gasteiger partial charge in [0.05, 0.1) is 12.1 Å². The lowest BCUT2D eigenvalue weighted by Gasteiger charge is -2.07. The Bertz CT molecular complexity index is 438. The second kappa shape index (κ2) is 6.61. The molecule has 0 bridgehead atoms. The van der Waals surface area contributed by atoms with E-state index in [1.54, 1.807) is 12.1 Å². The number of benzene rings is 1. The lowest BCUT2D eigenvalue weighted by atomic mass is 10.2. The van der Waals surface area contributed by atoms with E-state index in [1.165, 1.54) is 0 Å². The van der Waals surface area contributed by atoms with Crippen LogP contribution in [0.3, 0.4) is 0 Å². The first-order valence-corrected chi connectivity index (χ1v) is 6.25. The number of hydrogen-bond donors (Lipinski definition) is 2. The van der Waals surface area contributed by atoms with Gasteiger partial charge in [-0.05, 0) is 34.1 Å². The van der Waals surface area contributed by atoms with Gasteiger partial charge in [-0.1, -0.05) is 15.9 Å². The third-order valence-electron chi connectivity index (χ3n) is 1.80. The predicted molar refractivity (Wildman–Crippen MR) is 69.7 cm³/mol. The SMILES string of the molecule is NC(=O)OCCNC(=O)c1cc(Br)ccc1Br. The van der Waals surface area contributed by atoms with Crippen molar-refractivity contribution in [2.75, 3.05) is 13.2 Å². The standard InChI is InChI=1S/C10H10Br2N2O3/c11-6-1-2-8(12)7(5-6)9(15)14-3-4-17-10(13)16/h1-2,5H,3-4H2,(H2,13,16)(H,14,15). The maximum Gasteiger partial charge on any atom is 0.404 e. The third kappa shape index (κ3) is 4.74. The second-order valence-corrected chi connectivity index (χ2v) is 4.82.